The molecule has 0 aromatic carbocycles. The lowest BCUT2D eigenvalue weighted by atomic mass is 10.3. The third-order valence-electron chi connectivity index (χ3n) is 1.54. The maximum Gasteiger partial charge on any atom is 0.350 e. The van der Waals surface area contributed by atoms with Gasteiger partial charge in [-0.2, -0.15) is 0 Å². The molecule has 0 atom stereocenters. The van der Waals surface area contributed by atoms with Crippen LogP contribution in [0.3, 0.4) is 0 Å². The molecule has 1 aromatic rings. The van der Waals surface area contributed by atoms with E-state index >= 15 is 0 Å². The molecule has 0 bridgehead atoms. The topological polar surface area (TPSA) is 59.2 Å². The van der Waals surface area contributed by atoms with E-state index in [-0.39, 0.29) is 4.87 Å². The highest BCUT2D eigenvalue weighted by Gasteiger charge is 2.15. The third kappa shape index (κ3) is 2.18. The van der Waals surface area contributed by atoms with Gasteiger partial charge in [0.1, 0.15) is 4.88 Å². The summed E-state index contributed by atoms with van der Waals surface area (Å²) in [4.78, 5) is 25.0. The Bertz CT molecular complexity index is 353. The van der Waals surface area contributed by atoms with Crippen LogP contribution >= 0.6 is 11.3 Å². The Morgan fingerprint density at radius 3 is 2.77 bits per heavy atom. The van der Waals surface area contributed by atoms with Gasteiger partial charge in [-0.05, 0) is 13.3 Å². The minimum absolute atomic E-state index is 0.208. The third-order valence-corrected chi connectivity index (χ3v) is 2.44. The number of esters is 1. The second-order valence-electron chi connectivity index (χ2n) is 2.40. The van der Waals surface area contributed by atoms with Crippen molar-refractivity contribution in [2.75, 3.05) is 6.61 Å². The Morgan fingerprint density at radius 1 is 1.54 bits per heavy atom. The lowest BCUT2D eigenvalue weighted by molar-refractivity contribution is 0.0530. The van der Waals surface area contributed by atoms with Crippen LogP contribution in [0.5, 0.6) is 0 Å². The van der Waals surface area contributed by atoms with Crippen LogP contribution in [0, 0.1) is 0 Å². The van der Waals surface area contributed by atoms with E-state index in [0.29, 0.717) is 23.6 Å². The first-order valence-electron chi connectivity index (χ1n) is 4.08. The van der Waals surface area contributed by atoms with Crippen LogP contribution in [0.2, 0.25) is 0 Å². The second kappa shape index (κ2) is 4.23. The molecule has 0 saturated heterocycles. The zero-order valence-corrected chi connectivity index (χ0v) is 8.36. The van der Waals surface area contributed by atoms with Crippen molar-refractivity contribution in [1.82, 2.24) is 4.98 Å². The molecule has 0 unspecified atom stereocenters. The minimum Gasteiger partial charge on any atom is -0.462 e. The summed E-state index contributed by atoms with van der Waals surface area (Å²) >= 11 is 0.901. The Labute approximate surface area is 79.6 Å². The smallest absolute Gasteiger partial charge is 0.350 e. The molecule has 0 spiro atoms. The molecular formula is C8H11NO3S. The molecule has 0 fully saturated rings. The maximum atomic E-state index is 11.3. The summed E-state index contributed by atoms with van der Waals surface area (Å²) in [5.41, 5.74) is 0.661. The fourth-order valence-corrected chi connectivity index (χ4v) is 1.79. The Kier molecular flexibility index (Phi) is 3.25. The summed E-state index contributed by atoms with van der Waals surface area (Å²) in [5, 5.41) is 0. The number of thiazole rings is 1. The molecule has 1 N–H and O–H groups in total. The Morgan fingerprint density at radius 2 is 2.23 bits per heavy atom. The van der Waals surface area contributed by atoms with Gasteiger partial charge in [-0.25, -0.2) is 4.79 Å². The summed E-state index contributed by atoms with van der Waals surface area (Å²) in [6.45, 7) is 3.94. The highest BCUT2D eigenvalue weighted by atomic mass is 32.1. The van der Waals surface area contributed by atoms with Crippen molar-refractivity contribution < 1.29 is 9.53 Å². The Hall–Kier alpha value is -1.10. The summed E-state index contributed by atoms with van der Waals surface area (Å²) in [5.74, 6) is -0.414. The molecule has 1 aromatic heterocycles. The summed E-state index contributed by atoms with van der Waals surface area (Å²) in [6, 6.07) is 0. The highest BCUT2D eigenvalue weighted by Crippen LogP contribution is 2.11. The van der Waals surface area contributed by atoms with Crippen molar-refractivity contribution in [3.8, 4) is 0 Å². The van der Waals surface area contributed by atoms with Crippen molar-refractivity contribution in [2.24, 2.45) is 0 Å². The number of hydrogen-bond donors (Lipinski definition) is 1. The molecule has 0 aliphatic heterocycles. The summed E-state index contributed by atoms with van der Waals surface area (Å²) < 4.78 is 4.80. The molecule has 72 valence electrons. The molecule has 1 heterocycles. The number of aromatic amines is 1. The van der Waals surface area contributed by atoms with Gasteiger partial charge in [-0.3, -0.25) is 4.79 Å². The molecule has 4 nitrogen and oxygen atoms in total. The van der Waals surface area contributed by atoms with E-state index in [0.717, 1.165) is 11.3 Å². The normalized spacial score (nSPS) is 10.0. The van der Waals surface area contributed by atoms with Gasteiger partial charge in [0.25, 0.3) is 0 Å². The first-order valence-corrected chi connectivity index (χ1v) is 4.89. The van der Waals surface area contributed by atoms with Gasteiger partial charge in [-0.1, -0.05) is 18.3 Å². The number of hydrogen-bond acceptors (Lipinski definition) is 4. The predicted molar refractivity (Wildman–Crippen MR) is 50.3 cm³/mol. The lowest BCUT2D eigenvalue weighted by Gasteiger charge is -1.99. The molecule has 1 rings (SSSR count). The van der Waals surface area contributed by atoms with Gasteiger partial charge in [0.2, 0.25) is 0 Å². The monoisotopic (exact) mass is 201 g/mol. The van der Waals surface area contributed by atoms with Crippen LogP contribution in [0.15, 0.2) is 4.79 Å². The molecule has 0 saturated carbocycles. The first kappa shape index (κ1) is 9.98. The van der Waals surface area contributed by atoms with Crippen molar-refractivity contribution in [1.29, 1.82) is 0 Å². The number of aryl methyl sites for hydroxylation is 1. The number of carbonyl (C=O) groups excluding carboxylic acids is 1. The van der Waals surface area contributed by atoms with Gasteiger partial charge in [0.15, 0.2) is 0 Å². The highest BCUT2D eigenvalue weighted by molar-refractivity contribution is 7.11. The van der Waals surface area contributed by atoms with Gasteiger partial charge < -0.3 is 9.72 Å². The van der Waals surface area contributed by atoms with E-state index in [1.165, 1.54) is 0 Å². The van der Waals surface area contributed by atoms with Crippen molar-refractivity contribution in [2.45, 2.75) is 20.3 Å². The lowest BCUT2D eigenvalue weighted by Crippen LogP contribution is -2.05. The van der Waals surface area contributed by atoms with Crippen LogP contribution in [0.25, 0.3) is 0 Å². The van der Waals surface area contributed by atoms with Crippen LogP contribution in [0.1, 0.15) is 29.2 Å². The number of rotatable bonds is 3. The molecule has 0 radical (unpaired) electrons. The number of ether oxygens (including phenoxy) is 1. The van der Waals surface area contributed by atoms with Gasteiger partial charge in [0.05, 0.1) is 6.61 Å². The van der Waals surface area contributed by atoms with E-state index in [1.807, 2.05) is 6.92 Å². The van der Waals surface area contributed by atoms with Gasteiger partial charge in [0, 0.05) is 5.69 Å². The number of carbonyl (C=O) groups is 1. The molecule has 0 amide bonds. The predicted octanol–water partition coefficient (Wildman–Crippen LogP) is 1.18. The number of H-pyrrole nitrogens is 1. The largest absolute Gasteiger partial charge is 0.462 e. The molecule has 0 aliphatic rings. The van der Waals surface area contributed by atoms with E-state index < -0.39 is 5.97 Å². The maximum absolute atomic E-state index is 11.3. The zero-order chi connectivity index (χ0) is 9.84. The summed E-state index contributed by atoms with van der Waals surface area (Å²) in [6.07, 6.45) is 0.632. The van der Waals surface area contributed by atoms with Crippen molar-refractivity contribution in [3.63, 3.8) is 0 Å². The van der Waals surface area contributed by atoms with Crippen molar-refractivity contribution in [3.05, 3.63) is 20.2 Å². The zero-order valence-electron chi connectivity index (χ0n) is 7.55. The molecule has 5 heteroatoms. The van der Waals surface area contributed by atoms with E-state index in [4.69, 9.17) is 4.74 Å². The standard InChI is InChI=1S/C8H11NO3S/c1-3-5-6(7(10)12-4-2)13-8(11)9-5/h3-4H2,1-2H3,(H,9,11). The average molecular weight is 201 g/mol. The summed E-state index contributed by atoms with van der Waals surface area (Å²) in [7, 11) is 0. The molecular weight excluding hydrogens is 190 g/mol. The fourth-order valence-electron chi connectivity index (χ4n) is 0.970. The number of aromatic nitrogens is 1. The van der Waals surface area contributed by atoms with E-state index in [9.17, 15) is 9.59 Å². The van der Waals surface area contributed by atoms with Crippen LogP contribution in [0.4, 0.5) is 0 Å². The fraction of sp³-hybridized carbons (Fsp3) is 0.500. The van der Waals surface area contributed by atoms with Gasteiger partial charge in [-0.15, -0.1) is 0 Å². The Balaban J connectivity index is 2.98. The average Bonchev–Trinajstić information content (AvgIpc) is 2.47. The van der Waals surface area contributed by atoms with Crippen LogP contribution in [-0.4, -0.2) is 17.6 Å². The minimum atomic E-state index is -0.414. The molecule has 13 heavy (non-hydrogen) atoms. The molecule has 0 aliphatic carbocycles. The van der Waals surface area contributed by atoms with Crippen LogP contribution < -0.4 is 4.87 Å². The SMILES string of the molecule is CCOC(=O)c1sc(=O)[nH]c1CC. The van der Waals surface area contributed by atoms with E-state index in [1.54, 1.807) is 6.92 Å². The first-order chi connectivity index (χ1) is 6.19. The van der Waals surface area contributed by atoms with Gasteiger partial charge >= 0.3 is 10.8 Å². The van der Waals surface area contributed by atoms with E-state index in [2.05, 4.69) is 4.98 Å². The quantitative estimate of drug-likeness (QED) is 0.747. The second-order valence-corrected chi connectivity index (χ2v) is 3.38. The number of nitrogens with one attached hydrogen (secondary N) is 1. The van der Waals surface area contributed by atoms with Crippen molar-refractivity contribution >= 4 is 17.3 Å². The van der Waals surface area contributed by atoms with Crippen LogP contribution in [-0.2, 0) is 11.2 Å².